The van der Waals surface area contributed by atoms with Crippen LogP contribution in [0.1, 0.15) is 31.2 Å². The van der Waals surface area contributed by atoms with Crippen LogP contribution in [0.15, 0.2) is 29.8 Å². The van der Waals surface area contributed by atoms with Crippen LogP contribution >= 0.6 is 11.6 Å². The van der Waals surface area contributed by atoms with Crippen molar-refractivity contribution in [3.8, 4) is 0 Å². The van der Waals surface area contributed by atoms with Crippen LogP contribution in [-0.4, -0.2) is 6.04 Å². The van der Waals surface area contributed by atoms with Crippen LogP contribution in [0.5, 0.6) is 0 Å². The average molecular weight is 254 g/mol. The minimum atomic E-state index is -0.226. The Kier molecular flexibility index (Phi) is 4.19. The van der Waals surface area contributed by atoms with E-state index in [2.05, 4.69) is 6.08 Å². The summed E-state index contributed by atoms with van der Waals surface area (Å²) in [5.41, 5.74) is 7.90. The molecule has 0 heterocycles. The quantitative estimate of drug-likeness (QED) is 0.796. The zero-order chi connectivity index (χ0) is 12.3. The molecule has 1 aliphatic carbocycles. The van der Waals surface area contributed by atoms with E-state index < -0.39 is 0 Å². The molecule has 17 heavy (non-hydrogen) atoms. The lowest BCUT2D eigenvalue weighted by molar-refractivity contribution is 0.611. The second-order valence-corrected chi connectivity index (χ2v) is 5.08. The first-order valence-electron chi connectivity index (χ1n) is 6.04. The Morgan fingerprint density at radius 3 is 2.94 bits per heavy atom. The summed E-state index contributed by atoms with van der Waals surface area (Å²) in [6.07, 6.45) is 7.11. The molecule has 1 aromatic carbocycles. The van der Waals surface area contributed by atoms with Gasteiger partial charge in [0.2, 0.25) is 0 Å². The van der Waals surface area contributed by atoms with E-state index in [1.807, 2.05) is 0 Å². The van der Waals surface area contributed by atoms with Crippen molar-refractivity contribution in [2.75, 3.05) is 0 Å². The molecule has 0 fully saturated rings. The van der Waals surface area contributed by atoms with Crippen molar-refractivity contribution >= 4 is 11.6 Å². The summed E-state index contributed by atoms with van der Waals surface area (Å²) in [6.45, 7) is 0. The molecule has 0 spiro atoms. The number of benzene rings is 1. The van der Waals surface area contributed by atoms with Crippen molar-refractivity contribution in [3.05, 3.63) is 46.3 Å². The Balaban J connectivity index is 2.14. The maximum absolute atomic E-state index is 13.7. The van der Waals surface area contributed by atoms with Gasteiger partial charge in [0.15, 0.2) is 0 Å². The van der Waals surface area contributed by atoms with Gasteiger partial charge in [0.25, 0.3) is 0 Å². The largest absolute Gasteiger partial charge is 0.324 e. The zero-order valence-corrected chi connectivity index (χ0v) is 10.5. The number of allylic oxidation sites excluding steroid dienone is 1. The molecule has 1 nitrogen and oxygen atoms in total. The second-order valence-electron chi connectivity index (χ2n) is 4.65. The van der Waals surface area contributed by atoms with E-state index in [1.54, 1.807) is 12.1 Å². The highest BCUT2D eigenvalue weighted by Gasteiger charge is 2.11. The Morgan fingerprint density at radius 2 is 2.18 bits per heavy atom. The Morgan fingerprint density at radius 1 is 1.35 bits per heavy atom. The first kappa shape index (κ1) is 12.6. The van der Waals surface area contributed by atoms with Crippen LogP contribution in [0.3, 0.4) is 0 Å². The molecule has 0 bridgehead atoms. The van der Waals surface area contributed by atoms with Gasteiger partial charge in [-0.1, -0.05) is 35.7 Å². The number of rotatable bonds is 2. The van der Waals surface area contributed by atoms with Crippen molar-refractivity contribution < 1.29 is 4.39 Å². The maximum Gasteiger partial charge on any atom is 0.128 e. The molecule has 0 saturated carbocycles. The summed E-state index contributed by atoms with van der Waals surface area (Å²) in [5.74, 6) is -0.226. The summed E-state index contributed by atoms with van der Waals surface area (Å²) in [4.78, 5) is 0. The first-order chi connectivity index (χ1) is 8.15. The van der Waals surface area contributed by atoms with Crippen LogP contribution < -0.4 is 5.73 Å². The van der Waals surface area contributed by atoms with Crippen molar-refractivity contribution in [2.24, 2.45) is 5.73 Å². The van der Waals surface area contributed by atoms with Gasteiger partial charge in [-0.15, -0.1) is 0 Å². The highest BCUT2D eigenvalue weighted by atomic mass is 35.5. The predicted molar refractivity (Wildman–Crippen MR) is 69.6 cm³/mol. The lowest BCUT2D eigenvalue weighted by Gasteiger charge is -2.08. The van der Waals surface area contributed by atoms with E-state index >= 15 is 0 Å². The summed E-state index contributed by atoms with van der Waals surface area (Å²) in [7, 11) is 0. The monoisotopic (exact) mass is 253 g/mol. The number of hydrogen-bond acceptors (Lipinski definition) is 1. The third kappa shape index (κ3) is 3.55. The van der Waals surface area contributed by atoms with Crippen LogP contribution in [-0.2, 0) is 6.42 Å². The van der Waals surface area contributed by atoms with Gasteiger partial charge in [-0.3, -0.25) is 0 Å². The fraction of sp³-hybridized carbons (Fsp3) is 0.429. The zero-order valence-electron chi connectivity index (χ0n) is 9.76. The van der Waals surface area contributed by atoms with Gasteiger partial charge >= 0.3 is 0 Å². The lowest BCUT2D eigenvalue weighted by Crippen LogP contribution is -2.16. The normalized spacial score (nSPS) is 20.9. The van der Waals surface area contributed by atoms with Gasteiger partial charge < -0.3 is 5.73 Å². The molecule has 1 unspecified atom stereocenters. The highest BCUT2D eigenvalue weighted by molar-refractivity contribution is 6.30. The standard InChI is InChI=1S/C14H17ClFN/c15-12-6-5-11(14(16)9-12)7-10-3-1-2-4-13(17)8-10/h5-6,8-9,13H,1-4,7,17H2. The van der Waals surface area contributed by atoms with E-state index in [0.29, 0.717) is 17.0 Å². The van der Waals surface area contributed by atoms with Gasteiger partial charge in [-0.2, -0.15) is 0 Å². The maximum atomic E-state index is 13.7. The van der Waals surface area contributed by atoms with E-state index in [0.717, 1.165) is 25.7 Å². The predicted octanol–water partition coefficient (Wildman–Crippen LogP) is 3.85. The summed E-state index contributed by atoms with van der Waals surface area (Å²) < 4.78 is 13.7. The molecule has 1 aromatic rings. The van der Waals surface area contributed by atoms with Crippen molar-refractivity contribution in [1.82, 2.24) is 0 Å². The molecule has 2 N–H and O–H groups in total. The molecular formula is C14H17ClFN. The molecule has 0 saturated heterocycles. The van der Waals surface area contributed by atoms with Gasteiger partial charge in [0.05, 0.1) is 0 Å². The lowest BCUT2D eigenvalue weighted by atomic mass is 10.0. The van der Waals surface area contributed by atoms with E-state index in [-0.39, 0.29) is 11.9 Å². The first-order valence-corrected chi connectivity index (χ1v) is 6.42. The minimum Gasteiger partial charge on any atom is -0.324 e. The highest BCUT2D eigenvalue weighted by Crippen LogP contribution is 2.23. The third-order valence-corrected chi connectivity index (χ3v) is 3.40. The number of halogens is 2. The average Bonchev–Trinajstić information content (AvgIpc) is 2.47. The van der Waals surface area contributed by atoms with Gasteiger partial charge in [0.1, 0.15) is 5.82 Å². The molecule has 0 radical (unpaired) electrons. The van der Waals surface area contributed by atoms with Gasteiger partial charge in [-0.05, 0) is 43.4 Å². The summed E-state index contributed by atoms with van der Waals surface area (Å²) in [5, 5.41) is 0.442. The summed E-state index contributed by atoms with van der Waals surface area (Å²) in [6, 6.07) is 4.99. The summed E-state index contributed by atoms with van der Waals surface area (Å²) >= 11 is 5.73. The van der Waals surface area contributed by atoms with Crippen LogP contribution in [0.4, 0.5) is 4.39 Å². The number of nitrogens with two attached hydrogens (primary N) is 1. The number of hydrogen-bond donors (Lipinski definition) is 1. The van der Waals surface area contributed by atoms with Gasteiger partial charge in [0, 0.05) is 11.1 Å². The van der Waals surface area contributed by atoms with Crippen LogP contribution in [0.25, 0.3) is 0 Å². The SMILES string of the molecule is NC1C=C(Cc2ccc(Cl)cc2F)CCCC1. The molecule has 1 aliphatic rings. The third-order valence-electron chi connectivity index (χ3n) is 3.17. The molecule has 1 atom stereocenters. The van der Waals surface area contributed by atoms with E-state index in [9.17, 15) is 4.39 Å². The fourth-order valence-electron chi connectivity index (χ4n) is 2.26. The van der Waals surface area contributed by atoms with Gasteiger partial charge in [-0.25, -0.2) is 4.39 Å². The second kappa shape index (κ2) is 5.65. The van der Waals surface area contributed by atoms with E-state index in [1.165, 1.54) is 11.6 Å². The minimum absolute atomic E-state index is 0.128. The molecule has 0 aromatic heterocycles. The van der Waals surface area contributed by atoms with E-state index in [4.69, 9.17) is 17.3 Å². The Labute approximate surface area is 106 Å². The molecular weight excluding hydrogens is 237 g/mol. The topological polar surface area (TPSA) is 26.0 Å². The Hall–Kier alpha value is -0.860. The smallest absolute Gasteiger partial charge is 0.128 e. The van der Waals surface area contributed by atoms with Crippen LogP contribution in [0.2, 0.25) is 5.02 Å². The Bertz CT molecular complexity index is 428. The van der Waals surface area contributed by atoms with Crippen molar-refractivity contribution in [1.29, 1.82) is 0 Å². The molecule has 2 rings (SSSR count). The van der Waals surface area contributed by atoms with Crippen molar-refractivity contribution in [3.63, 3.8) is 0 Å². The molecule has 0 aliphatic heterocycles. The fourth-order valence-corrected chi connectivity index (χ4v) is 2.42. The van der Waals surface area contributed by atoms with Crippen LogP contribution in [0, 0.1) is 5.82 Å². The molecule has 3 heteroatoms. The van der Waals surface area contributed by atoms with Crippen molar-refractivity contribution in [2.45, 2.75) is 38.1 Å². The molecule has 0 amide bonds. The molecule has 92 valence electrons.